The van der Waals surface area contributed by atoms with Gasteiger partial charge in [0.15, 0.2) is 0 Å². The van der Waals surface area contributed by atoms with Gasteiger partial charge in [-0.2, -0.15) is 0 Å². The quantitative estimate of drug-likeness (QED) is 0.813. The fourth-order valence-electron chi connectivity index (χ4n) is 3.45. The predicted octanol–water partition coefficient (Wildman–Crippen LogP) is 2.02. The number of methoxy groups -OCH3 is 1. The Labute approximate surface area is 106 Å². The van der Waals surface area contributed by atoms with Gasteiger partial charge in [-0.1, -0.05) is 13.3 Å². The van der Waals surface area contributed by atoms with E-state index in [-0.39, 0.29) is 0 Å². The van der Waals surface area contributed by atoms with Gasteiger partial charge in [-0.05, 0) is 38.6 Å². The third-order valence-electron chi connectivity index (χ3n) is 4.47. The summed E-state index contributed by atoms with van der Waals surface area (Å²) < 4.78 is 5.45. The van der Waals surface area contributed by atoms with Crippen molar-refractivity contribution in [1.29, 1.82) is 0 Å². The molecule has 1 saturated carbocycles. The topological polar surface area (TPSA) is 24.5 Å². The summed E-state index contributed by atoms with van der Waals surface area (Å²) in [6.07, 6.45) is 8.48. The van der Waals surface area contributed by atoms with E-state index in [0.717, 1.165) is 18.6 Å². The molecule has 0 radical (unpaired) electrons. The number of ether oxygens (including phenoxy) is 1. The van der Waals surface area contributed by atoms with Gasteiger partial charge in [0.1, 0.15) is 0 Å². The van der Waals surface area contributed by atoms with Gasteiger partial charge in [0.05, 0.1) is 6.10 Å². The number of rotatable bonds is 4. The number of hydrogen-bond acceptors (Lipinski definition) is 3. The second kappa shape index (κ2) is 6.72. The normalized spacial score (nSPS) is 32.8. The van der Waals surface area contributed by atoms with Crippen LogP contribution in [0.5, 0.6) is 0 Å². The molecule has 100 valence electrons. The maximum Gasteiger partial charge on any atom is 0.0595 e. The molecule has 2 fully saturated rings. The second-order valence-electron chi connectivity index (χ2n) is 5.55. The van der Waals surface area contributed by atoms with E-state index in [4.69, 9.17) is 4.74 Å². The van der Waals surface area contributed by atoms with E-state index in [1.54, 1.807) is 0 Å². The van der Waals surface area contributed by atoms with E-state index in [9.17, 15) is 0 Å². The van der Waals surface area contributed by atoms with Crippen molar-refractivity contribution in [3.05, 3.63) is 0 Å². The Kier molecular flexibility index (Phi) is 5.26. The summed E-state index contributed by atoms with van der Waals surface area (Å²) in [6.45, 7) is 5.81. The van der Waals surface area contributed by atoms with Crippen molar-refractivity contribution in [2.75, 3.05) is 26.7 Å². The monoisotopic (exact) mass is 240 g/mol. The first kappa shape index (κ1) is 13.3. The van der Waals surface area contributed by atoms with E-state index in [1.165, 1.54) is 51.6 Å². The fourth-order valence-corrected chi connectivity index (χ4v) is 3.45. The van der Waals surface area contributed by atoms with E-state index < -0.39 is 0 Å². The third kappa shape index (κ3) is 3.67. The highest BCUT2D eigenvalue weighted by Gasteiger charge is 2.29. The van der Waals surface area contributed by atoms with Crippen LogP contribution in [0.1, 0.15) is 45.4 Å². The maximum absolute atomic E-state index is 5.45. The van der Waals surface area contributed by atoms with Crippen LogP contribution >= 0.6 is 0 Å². The van der Waals surface area contributed by atoms with Crippen LogP contribution in [-0.2, 0) is 4.74 Å². The maximum atomic E-state index is 5.45. The smallest absolute Gasteiger partial charge is 0.0595 e. The number of hydrogen-bond donors (Lipinski definition) is 1. The molecule has 1 N–H and O–H groups in total. The number of likely N-dealkylation sites (tertiary alicyclic amines) is 1. The van der Waals surface area contributed by atoms with E-state index in [0.29, 0.717) is 6.10 Å². The lowest BCUT2D eigenvalue weighted by atomic mass is 9.88. The van der Waals surface area contributed by atoms with Crippen molar-refractivity contribution in [2.24, 2.45) is 0 Å². The zero-order valence-electron chi connectivity index (χ0n) is 11.5. The van der Waals surface area contributed by atoms with E-state index >= 15 is 0 Å². The highest BCUT2D eigenvalue weighted by molar-refractivity contribution is 4.86. The lowest BCUT2D eigenvalue weighted by Crippen LogP contribution is -2.48. The van der Waals surface area contributed by atoms with Crippen LogP contribution in [0, 0.1) is 0 Å². The van der Waals surface area contributed by atoms with Gasteiger partial charge in [0.2, 0.25) is 0 Å². The molecule has 3 nitrogen and oxygen atoms in total. The largest absolute Gasteiger partial charge is 0.381 e. The summed E-state index contributed by atoms with van der Waals surface area (Å²) in [6, 6.07) is 1.59. The highest BCUT2D eigenvalue weighted by Crippen LogP contribution is 2.26. The number of piperidine rings is 1. The van der Waals surface area contributed by atoms with Crippen molar-refractivity contribution in [2.45, 2.75) is 63.6 Å². The molecule has 0 bridgehead atoms. The molecule has 0 spiro atoms. The molecular formula is C14H28N2O. The number of nitrogens with zero attached hydrogens (tertiary/aromatic N) is 1. The Hall–Kier alpha value is -0.120. The Balaban J connectivity index is 1.77. The molecule has 0 aromatic carbocycles. The van der Waals surface area contributed by atoms with Crippen molar-refractivity contribution < 1.29 is 4.74 Å². The zero-order valence-corrected chi connectivity index (χ0v) is 11.5. The molecule has 1 aliphatic carbocycles. The Morgan fingerprint density at radius 1 is 1.18 bits per heavy atom. The Morgan fingerprint density at radius 3 is 2.59 bits per heavy atom. The van der Waals surface area contributed by atoms with Crippen LogP contribution in [-0.4, -0.2) is 49.8 Å². The molecule has 1 aliphatic heterocycles. The Morgan fingerprint density at radius 2 is 1.94 bits per heavy atom. The molecule has 2 unspecified atom stereocenters. The van der Waals surface area contributed by atoms with Gasteiger partial charge < -0.3 is 15.0 Å². The highest BCUT2D eigenvalue weighted by atomic mass is 16.5. The van der Waals surface area contributed by atoms with Crippen molar-refractivity contribution in [3.63, 3.8) is 0 Å². The molecule has 2 rings (SSSR count). The van der Waals surface area contributed by atoms with Crippen molar-refractivity contribution >= 4 is 0 Å². The lowest BCUT2D eigenvalue weighted by Gasteiger charge is -2.41. The predicted molar refractivity (Wildman–Crippen MR) is 71.3 cm³/mol. The summed E-state index contributed by atoms with van der Waals surface area (Å²) in [5.41, 5.74) is 0. The molecule has 0 aromatic rings. The zero-order chi connectivity index (χ0) is 12.1. The molecule has 2 atom stereocenters. The fraction of sp³-hybridized carbons (Fsp3) is 1.00. The standard InChI is InChI=1S/C14H28N2O/c1-3-15-12-5-4-6-13(11-12)16-9-7-14(17-2)8-10-16/h12-15H,3-11H2,1-2H3. The summed E-state index contributed by atoms with van der Waals surface area (Å²) in [5, 5.41) is 3.62. The minimum Gasteiger partial charge on any atom is -0.381 e. The second-order valence-corrected chi connectivity index (χ2v) is 5.55. The minimum atomic E-state index is 0.513. The summed E-state index contributed by atoms with van der Waals surface area (Å²) in [5.74, 6) is 0. The SMILES string of the molecule is CCNC1CCCC(N2CCC(OC)CC2)C1. The van der Waals surface area contributed by atoms with Crippen LogP contribution in [0.15, 0.2) is 0 Å². The van der Waals surface area contributed by atoms with Gasteiger partial charge in [-0.3, -0.25) is 0 Å². The summed E-state index contributed by atoms with van der Waals surface area (Å²) >= 11 is 0. The van der Waals surface area contributed by atoms with Gasteiger partial charge >= 0.3 is 0 Å². The molecule has 0 aromatic heterocycles. The number of nitrogens with one attached hydrogen (secondary N) is 1. The molecule has 3 heteroatoms. The van der Waals surface area contributed by atoms with Crippen LogP contribution < -0.4 is 5.32 Å². The first-order valence-electron chi connectivity index (χ1n) is 7.33. The summed E-state index contributed by atoms with van der Waals surface area (Å²) in [4.78, 5) is 2.71. The molecule has 17 heavy (non-hydrogen) atoms. The van der Waals surface area contributed by atoms with Gasteiger partial charge in [0, 0.05) is 32.3 Å². The van der Waals surface area contributed by atoms with Crippen LogP contribution in [0.25, 0.3) is 0 Å². The molecular weight excluding hydrogens is 212 g/mol. The first-order chi connectivity index (χ1) is 8.33. The molecule has 2 aliphatic rings. The lowest BCUT2D eigenvalue weighted by molar-refractivity contribution is 0.0185. The Bertz CT molecular complexity index is 212. The molecule has 1 heterocycles. The van der Waals surface area contributed by atoms with Crippen LogP contribution in [0.3, 0.4) is 0 Å². The average Bonchev–Trinajstić information content (AvgIpc) is 2.40. The van der Waals surface area contributed by atoms with Crippen molar-refractivity contribution in [3.8, 4) is 0 Å². The average molecular weight is 240 g/mol. The summed E-state index contributed by atoms with van der Waals surface area (Å²) in [7, 11) is 1.85. The van der Waals surface area contributed by atoms with Crippen molar-refractivity contribution in [1.82, 2.24) is 10.2 Å². The van der Waals surface area contributed by atoms with Gasteiger partial charge in [0.25, 0.3) is 0 Å². The first-order valence-corrected chi connectivity index (χ1v) is 7.33. The van der Waals surface area contributed by atoms with E-state index in [1.807, 2.05) is 7.11 Å². The van der Waals surface area contributed by atoms with Crippen LogP contribution in [0.4, 0.5) is 0 Å². The van der Waals surface area contributed by atoms with Gasteiger partial charge in [-0.15, -0.1) is 0 Å². The van der Waals surface area contributed by atoms with Crippen LogP contribution in [0.2, 0.25) is 0 Å². The minimum absolute atomic E-state index is 0.513. The third-order valence-corrected chi connectivity index (χ3v) is 4.47. The molecule has 0 amide bonds. The van der Waals surface area contributed by atoms with E-state index in [2.05, 4.69) is 17.1 Å². The molecule has 1 saturated heterocycles. The van der Waals surface area contributed by atoms with Gasteiger partial charge in [-0.25, -0.2) is 0 Å².